The molecular weight excluding hydrogens is 318 g/mol. The number of amides is 1. The quantitative estimate of drug-likeness (QED) is 0.763. The molecule has 1 amide bonds. The van der Waals surface area contributed by atoms with E-state index in [1.54, 1.807) is 6.07 Å². The molecule has 6 heteroatoms. The fraction of sp³-hybridized carbons (Fsp3) is 0.125. The summed E-state index contributed by atoms with van der Waals surface area (Å²) in [5, 5.41) is 7.22. The molecule has 1 N–H and O–H groups in total. The van der Waals surface area contributed by atoms with Crippen LogP contribution < -0.4 is 5.32 Å². The topological polar surface area (TPSA) is 46.9 Å². The summed E-state index contributed by atoms with van der Waals surface area (Å²) >= 11 is 7.46. The van der Waals surface area contributed by atoms with E-state index in [1.165, 1.54) is 11.3 Å². The summed E-state index contributed by atoms with van der Waals surface area (Å²) in [7, 11) is 0. The molecule has 0 aliphatic carbocycles. The smallest absolute Gasteiger partial charge is 0.276 e. The summed E-state index contributed by atoms with van der Waals surface area (Å²) < 4.78 is 2.52. The largest absolute Gasteiger partial charge is 0.321 e. The Hall–Kier alpha value is -2.11. The minimum absolute atomic E-state index is 0.220. The number of para-hydroxylation sites is 1. The Morgan fingerprint density at radius 3 is 2.68 bits per heavy atom. The third-order valence-electron chi connectivity index (χ3n) is 3.17. The molecule has 2 heterocycles. The summed E-state index contributed by atoms with van der Waals surface area (Å²) in [4.78, 5) is 13.3. The lowest BCUT2D eigenvalue weighted by Crippen LogP contribution is -2.13. The number of carbonyl (C=O) groups excluding carboxylic acids is 1. The van der Waals surface area contributed by atoms with Crippen molar-refractivity contribution in [3.63, 3.8) is 0 Å². The number of hydrogen-bond donors (Lipinski definition) is 1. The van der Waals surface area contributed by atoms with E-state index in [1.807, 2.05) is 54.1 Å². The lowest BCUT2D eigenvalue weighted by molar-refractivity contribution is 0.102. The maximum absolute atomic E-state index is 12.3. The summed E-state index contributed by atoms with van der Waals surface area (Å²) in [6.07, 6.45) is 0. The molecule has 0 spiro atoms. The van der Waals surface area contributed by atoms with Crippen LogP contribution in [0, 0.1) is 0 Å². The standard InChI is InChI=1S/C16H14ClN3OS/c1-2-20-13(14-8-9-15(17)22-14)10-12(19-20)16(21)18-11-6-4-3-5-7-11/h3-10H,2H2,1H3,(H,18,21). The third-order valence-corrected chi connectivity index (χ3v) is 4.42. The molecule has 0 unspecified atom stereocenters. The Morgan fingerprint density at radius 2 is 2.05 bits per heavy atom. The Bertz CT molecular complexity index is 795. The van der Waals surface area contributed by atoms with Gasteiger partial charge >= 0.3 is 0 Å². The van der Waals surface area contributed by atoms with E-state index in [9.17, 15) is 4.79 Å². The highest BCUT2D eigenvalue weighted by molar-refractivity contribution is 7.19. The Kier molecular flexibility index (Phi) is 4.27. The van der Waals surface area contributed by atoms with Crippen LogP contribution in [0.15, 0.2) is 48.5 Å². The number of carbonyl (C=O) groups is 1. The maximum atomic E-state index is 12.3. The third kappa shape index (κ3) is 3.05. The van der Waals surface area contributed by atoms with Crippen LogP contribution >= 0.6 is 22.9 Å². The number of anilines is 1. The minimum atomic E-state index is -0.220. The average molecular weight is 332 g/mol. The predicted octanol–water partition coefficient (Wildman–Crippen LogP) is 4.54. The normalized spacial score (nSPS) is 10.6. The zero-order chi connectivity index (χ0) is 15.5. The van der Waals surface area contributed by atoms with Gasteiger partial charge in [0, 0.05) is 12.2 Å². The van der Waals surface area contributed by atoms with E-state index < -0.39 is 0 Å². The summed E-state index contributed by atoms with van der Waals surface area (Å²) in [6.45, 7) is 2.67. The lowest BCUT2D eigenvalue weighted by atomic mass is 10.3. The van der Waals surface area contributed by atoms with E-state index in [0.29, 0.717) is 16.6 Å². The van der Waals surface area contributed by atoms with Crippen molar-refractivity contribution in [2.75, 3.05) is 5.32 Å². The number of nitrogens with one attached hydrogen (secondary N) is 1. The van der Waals surface area contributed by atoms with Gasteiger partial charge in [-0.05, 0) is 37.3 Å². The van der Waals surface area contributed by atoms with Crippen molar-refractivity contribution in [3.8, 4) is 10.6 Å². The van der Waals surface area contributed by atoms with E-state index in [2.05, 4.69) is 10.4 Å². The van der Waals surface area contributed by atoms with Crippen LogP contribution in [0.5, 0.6) is 0 Å². The van der Waals surface area contributed by atoms with Gasteiger partial charge in [-0.1, -0.05) is 29.8 Å². The van der Waals surface area contributed by atoms with Crippen molar-refractivity contribution in [2.45, 2.75) is 13.5 Å². The molecule has 0 atom stereocenters. The Morgan fingerprint density at radius 1 is 1.27 bits per heavy atom. The van der Waals surface area contributed by atoms with Crippen LogP contribution in [0.25, 0.3) is 10.6 Å². The van der Waals surface area contributed by atoms with Crippen LogP contribution in [0.2, 0.25) is 4.34 Å². The first-order chi connectivity index (χ1) is 10.7. The number of nitrogens with zero attached hydrogens (tertiary/aromatic N) is 2. The molecule has 0 radical (unpaired) electrons. The molecule has 1 aromatic carbocycles. The molecule has 22 heavy (non-hydrogen) atoms. The number of hydrogen-bond acceptors (Lipinski definition) is 3. The van der Waals surface area contributed by atoms with Crippen LogP contribution in [-0.4, -0.2) is 15.7 Å². The fourth-order valence-corrected chi connectivity index (χ4v) is 3.20. The second-order valence-electron chi connectivity index (χ2n) is 4.65. The molecule has 0 aliphatic rings. The lowest BCUT2D eigenvalue weighted by Gasteiger charge is -2.02. The number of benzene rings is 1. The highest BCUT2D eigenvalue weighted by Gasteiger charge is 2.16. The van der Waals surface area contributed by atoms with Crippen molar-refractivity contribution in [1.29, 1.82) is 0 Å². The summed E-state index contributed by atoms with van der Waals surface area (Å²) in [6, 6.07) is 14.9. The van der Waals surface area contributed by atoms with E-state index >= 15 is 0 Å². The van der Waals surface area contributed by atoms with Crippen LogP contribution in [0.1, 0.15) is 17.4 Å². The number of thiophene rings is 1. The summed E-state index contributed by atoms with van der Waals surface area (Å²) in [5.41, 5.74) is 2.04. The van der Waals surface area contributed by atoms with Gasteiger partial charge in [0.1, 0.15) is 0 Å². The van der Waals surface area contributed by atoms with Gasteiger partial charge in [-0.15, -0.1) is 11.3 Å². The average Bonchev–Trinajstić information content (AvgIpc) is 3.14. The van der Waals surface area contributed by atoms with Crippen molar-refractivity contribution in [3.05, 3.63) is 58.6 Å². The molecular formula is C16H14ClN3OS. The van der Waals surface area contributed by atoms with Crippen molar-refractivity contribution in [2.24, 2.45) is 0 Å². The van der Waals surface area contributed by atoms with Gasteiger partial charge in [-0.3, -0.25) is 9.48 Å². The van der Waals surface area contributed by atoms with Crippen molar-refractivity contribution >= 4 is 34.5 Å². The van der Waals surface area contributed by atoms with E-state index in [4.69, 9.17) is 11.6 Å². The van der Waals surface area contributed by atoms with Gasteiger partial charge in [0.05, 0.1) is 14.9 Å². The molecule has 0 saturated carbocycles. The van der Waals surface area contributed by atoms with Gasteiger partial charge in [0.2, 0.25) is 0 Å². The fourth-order valence-electron chi connectivity index (χ4n) is 2.14. The van der Waals surface area contributed by atoms with Crippen molar-refractivity contribution in [1.82, 2.24) is 9.78 Å². The predicted molar refractivity (Wildman–Crippen MR) is 90.6 cm³/mol. The minimum Gasteiger partial charge on any atom is -0.321 e. The van der Waals surface area contributed by atoms with Crippen molar-refractivity contribution < 1.29 is 4.79 Å². The molecule has 0 fully saturated rings. The van der Waals surface area contributed by atoms with Gasteiger partial charge in [-0.25, -0.2) is 0 Å². The maximum Gasteiger partial charge on any atom is 0.276 e. The second-order valence-corrected chi connectivity index (χ2v) is 6.37. The van der Waals surface area contributed by atoms with Crippen LogP contribution in [0.3, 0.4) is 0 Å². The van der Waals surface area contributed by atoms with Crippen LogP contribution in [0.4, 0.5) is 5.69 Å². The van der Waals surface area contributed by atoms with Crippen LogP contribution in [-0.2, 0) is 6.54 Å². The molecule has 2 aromatic heterocycles. The molecule has 3 rings (SSSR count). The number of halogens is 1. The van der Waals surface area contributed by atoms with E-state index in [0.717, 1.165) is 16.3 Å². The number of aryl methyl sites for hydroxylation is 1. The Balaban J connectivity index is 1.89. The first-order valence-electron chi connectivity index (χ1n) is 6.87. The first-order valence-corrected chi connectivity index (χ1v) is 8.07. The van der Waals surface area contributed by atoms with Gasteiger partial charge in [0.15, 0.2) is 5.69 Å². The monoisotopic (exact) mass is 331 g/mol. The zero-order valence-corrected chi connectivity index (χ0v) is 13.5. The molecule has 3 aromatic rings. The SMILES string of the molecule is CCn1nc(C(=O)Nc2ccccc2)cc1-c1ccc(Cl)s1. The van der Waals surface area contributed by atoms with Gasteiger partial charge in [-0.2, -0.15) is 5.10 Å². The number of aromatic nitrogens is 2. The molecule has 0 saturated heterocycles. The zero-order valence-electron chi connectivity index (χ0n) is 11.9. The molecule has 0 bridgehead atoms. The molecule has 112 valence electrons. The number of rotatable bonds is 4. The highest BCUT2D eigenvalue weighted by atomic mass is 35.5. The summed E-state index contributed by atoms with van der Waals surface area (Å²) in [5.74, 6) is -0.220. The molecule has 4 nitrogen and oxygen atoms in total. The second kappa shape index (κ2) is 6.34. The molecule has 0 aliphatic heterocycles. The van der Waals surface area contributed by atoms with E-state index in [-0.39, 0.29) is 5.91 Å². The van der Waals surface area contributed by atoms with Gasteiger partial charge in [0.25, 0.3) is 5.91 Å². The highest BCUT2D eigenvalue weighted by Crippen LogP contribution is 2.31. The van der Waals surface area contributed by atoms with Gasteiger partial charge < -0.3 is 5.32 Å². The first kappa shape index (κ1) is 14.8. The Labute approximate surface area is 137 Å².